The van der Waals surface area contributed by atoms with Crippen molar-refractivity contribution < 1.29 is 9.53 Å². The lowest BCUT2D eigenvalue weighted by Gasteiger charge is -2.06. The first kappa shape index (κ1) is 15.8. The molecule has 0 aliphatic rings. The third-order valence-electron chi connectivity index (χ3n) is 2.84. The van der Waals surface area contributed by atoms with Crippen molar-refractivity contribution in [2.24, 2.45) is 5.73 Å². The number of carbonyl (C=O) groups is 1. The number of benzene rings is 1. The predicted octanol–water partition coefficient (Wildman–Crippen LogP) is 3.04. The second kappa shape index (κ2) is 8.76. The highest BCUT2D eigenvalue weighted by molar-refractivity contribution is 6.00. The number of amides is 1. The zero-order valence-electron chi connectivity index (χ0n) is 11.8. The Bertz CT molecular complexity index is 498. The van der Waals surface area contributed by atoms with Crippen molar-refractivity contribution in [2.75, 3.05) is 6.61 Å². The first-order valence-electron chi connectivity index (χ1n) is 6.82. The maximum absolute atomic E-state index is 10.9. The van der Waals surface area contributed by atoms with Crippen LogP contribution in [0, 0.1) is 11.3 Å². The van der Waals surface area contributed by atoms with Gasteiger partial charge in [0.2, 0.25) is 0 Å². The highest BCUT2D eigenvalue weighted by atomic mass is 16.5. The minimum Gasteiger partial charge on any atom is -0.494 e. The summed E-state index contributed by atoms with van der Waals surface area (Å²) >= 11 is 0. The van der Waals surface area contributed by atoms with E-state index in [1.165, 1.54) is 25.3 Å². The van der Waals surface area contributed by atoms with E-state index in [4.69, 9.17) is 15.7 Å². The van der Waals surface area contributed by atoms with Crippen molar-refractivity contribution in [1.82, 2.24) is 0 Å². The number of ether oxygens (including phenoxy) is 1. The maximum atomic E-state index is 10.9. The van der Waals surface area contributed by atoms with Crippen LogP contribution in [0.3, 0.4) is 0 Å². The molecule has 4 nitrogen and oxygen atoms in total. The lowest BCUT2D eigenvalue weighted by Crippen LogP contribution is -2.12. The van der Waals surface area contributed by atoms with Gasteiger partial charge < -0.3 is 10.5 Å². The minimum absolute atomic E-state index is 0.0572. The first-order valence-corrected chi connectivity index (χ1v) is 6.82. The van der Waals surface area contributed by atoms with Crippen molar-refractivity contribution in [1.29, 1.82) is 5.26 Å². The Kier molecular flexibility index (Phi) is 6.91. The monoisotopic (exact) mass is 272 g/mol. The number of nitrogens with zero attached hydrogens (tertiary/aromatic N) is 1. The van der Waals surface area contributed by atoms with E-state index in [9.17, 15) is 4.79 Å². The molecule has 0 radical (unpaired) electrons. The van der Waals surface area contributed by atoms with Gasteiger partial charge in [0.1, 0.15) is 17.4 Å². The normalized spacial score (nSPS) is 10.9. The number of carbonyl (C=O) groups excluding carboxylic acids is 1. The van der Waals surface area contributed by atoms with Crippen molar-refractivity contribution in [3.05, 3.63) is 35.4 Å². The second-order valence-electron chi connectivity index (χ2n) is 4.51. The van der Waals surface area contributed by atoms with Crippen LogP contribution >= 0.6 is 0 Å². The number of unbranched alkanes of at least 4 members (excludes halogenated alkanes) is 3. The van der Waals surface area contributed by atoms with E-state index in [-0.39, 0.29) is 5.57 Å². The Morgan fingerprint density at radius 1 is 1.30 bits per heavy atom. The third-order valence-corrected chi connectivity index (χ3v) is 2.84. The molecule has 106 valence electrons. The van der Waals surface area contributed by atoms with Gasteiger partial charge in [0.15, 0.2) is 0 Å². The molecular weight excluding hydrogens is 252 g/mol. The number of hydrogen-bond acceptors (Lipinski definition) is 3. The van der Waals surface area contributed by atoms with E-state index >= 15 is 0 Å². The lowest BCUT2D eigenvalue weighted by molar-refractivity contribution is -0.114. The highest BCUT2D eigenvalue weighted by Crippen LogP contribution is 2.15. The fourth-order valence-corrected chi connectivity index (χ4v) is 1.70. The summed E-state index contributed by atoms with van der Waals surface area (Å²) in [6.07, 6.45) is 6.14. The summed E-state index contributed by atoms with van der Waals surface area (Å²) in [4.78, 5) is 10.9. The van der Waals surface area contributed by atoms with Crippen LogP contribution in [-0.4, -0.2) is 12.5 Å². The maximum Gasteiger partial charge on any atom is 0.259 e. The molecule has 20 heavy (non-hydrogen) atoms. The summed E-state index contributed by atoms with van der Waals surface area (Å²) in [5, 5.41) is 8.76. The van der Waals surface area contributed by atoms with Crippen LogP contribution in [0.25, 0.3) is 6.08 Å². The molecule has 0 atom stereocenters. The molecule has 4 heteroatoms. The molecule has 0 spiro atoms. The fraction of sp³-hybridized carbons (Fsp3) is 0.375. The van der Waals surface area contributed by atoms with Gasteiger partial charge in [0.25, 0.3) is 5.91 Å². The van der Waals surface area contributed by atoms with Crippen molar-refractivity contribution in [2.45, 2.75) is 32.6 Å². The van der Waals surface area contributed by atoms with Gasteiger partial charge in [0, 0.05) is 0 Å². The first-order chi connectivity index (χ1) is 9.67. The molecule has 1 rings (SSSR count). The molecule has 1 amide bonds. The van der Waals surface area contributed by atoms with E-state index in [1.807, 2.05) is 12.1 Å². The van der Waals surface area contributed by atoms with E-state index in [0.29, 0.717) is 6.61 Å². The molecule has 0 saturated heterocycles. The van der Waals surface area contributed by atoms with Crippen LogP contribution in [0.5, 0.6) is 5.75 Å². The van der Waals surface area contributed by atoms with Gasteiger partial charge in [-0.25, -0.2) is 0 Å². The summed E-state index contributed by atoms with van der Waals surface area (Å²) in [6.45, 7) is 2.88. The molecule has 0 heterocycles. The Labute approximate surface area is 119 Å². The zero-order valence-corrected chi connectivity index (χ0v) is 11.8. The number of rotatable bonds is 8. The highest BCUT2D eigenvalue weighted by Gasteiger charge is 2.03. The van der Waals surface area contributed by atoms with Crippen molar-refractivity contribution in [3.8, 4) is 11.8 Å². The topological polar surface area (TPSA) is 76.1 Å². The smallest absolute Gasteiger partial charge is 0.259 e. The van der Waals surface area contributed by atoms with Crippen LogP contribution < -0.4 is 10.5 Å². The van der Waals surface area contributed by atoms with E-state index in [2.05, 4.69) is 6.92 Å². The summed E-state index contributed by atoms with van der Waals surface area (Å²) in [7, 11) is 0. The molecule has 0 bridgehead atoms. The lowest BCUT2D eigenvalue weighted by atomic mass is 10.1. The van der Waals surface area contributed by atoms with Crippen LogP contribution in [0.15, 0.2) is 29.8 Å². The van der Waals surface area contributed by atoms with Gasteiger partial charge in [-0.05, 0) is 30.2 Å². The average molecular weight is 272 g/mol. The Balaban J connectivity index is 2.52. The van der Waals surface area contributed by atoms with Crippen LogP contribution in [0.1, 0.15) is 38.2 Å². The Hall–Kier alpha value is -2.28. The largest absolute Gasteiger partial charge is 0.494 e. The van der Waals surface area contributed by atoms with Crippen LogP contribution in [0.2, 0.25) is 0 Å². The molecule has 0 aromatic heterocycles. The van der Waals surface area contributed by atoms with Gasteiger partial charge in [-0.3, -0.25) is 4.79 Å². The quantitative estimate of drug-likeness (QED) is 0.449. The number of primary amides is 1. The van der Waals surface area contributed by atoms with Crippen molar-refractivity contribution in [3.63, 3.8) is 0 Å². The molecule has 1 aromatic rings. The molecule has 0 saturated carbocycles. The third kappa shape index (κ3) is 5.57. The summed E-state index contributed by atoms with van der Waals surface area (Å²) in [6, 6.07) is 9.00. The second-order valence-corrected chi connectivity index (χ2v) is 4.51. The summed E-state index contributed by atoms with van der Waals surface area (Å²) in [5.41, 5.74) is 5.77. The van der Waals surface area contributed by atoms with E-state index in [1.54, 1.807) is 18.2 Å². The minimum atomic E-state index is -0.719. The molecule has 0 aliphatic carbocycles. The molecule has 0 fully saturated rings. The fourth-order valence-electron chi connectivity index (χ4n) is 1.70. The number of hydrogen-bond donors (Lipinski definition) is 1. The van der Waals surface area contributed by atoms with Gasteiger partial charge in [0.05, 0.1) is 6.61 Å². The van der Waals surface area contributed by atoms with Gasteiger partial charge in [-0.2, -0.15) is 5.26 Å². The molecule has 1 aromatic carbocycles. The van der Waals surface area contributed by atoms with Crippen LogP contribution in [-0.2, 0) is 4.79 Å². The molecule has 2 N–H and O–H groups in total. The van der Waals surface area contributed by atoms with Crippen molar-refractivity contribution >= 4 is 12.0 Å². The molecule has 0 unspecified atom stereocenters. The Morgan fingerprint density at radius 2 is 2.00 bits per heavy atom. The molecular formula is C16H20N2O2. The Morgan fingerprint density at radius 3 is 2.55 bits per heavy atom. The zero-order chi connectivity index (χ0) is 14.8. The average Bonchev–Trinajstić information content (AvgIpc) is 2.45. The van der Waals surface area contributed by atoms with E-state index < -0.39 is 5.91 Å². The van der Waals surface area contributed by atoms with E-state index in [0.717, 1.165) is 17.7 Å². The summed E-state index contributed by atoms with van der Waals surface area (Å²) in [5.74, 6) is 0.0694. The van der Waals surface area contributed by atoms with Crippen LogP contribution in [0.4, 0.5) is 0 Å². The van der Waals surface area contributed by atoms with Gasteiger partial charge in [-0.1, -0.05) is 38.3 Å². The SMILES string of the molecule is CCCCCCOc1ccc(/C=C(/C#N)C(N)=O)cc1. The number of nitrogens with two attached hydrogens (primary N) is 1. The number of nitriles is 1. The standard InChI is InChI=1S/C16H20N2O2/c1-2-3-4-5-10-20-15-8-6-13(7-9-15)11-14(12-17)16(18)19/h6-9,11H,2-5,10H2,1H3,(H2,18,19)/b14-11-. The van der Waals surface area contributed by atoms with Gasteiger partial charge >= 0.3 is 0 Å². The summed E-state index contributed by atoms with van der Waals surface area (Å²) < 4.78 is 5.61. The molecule has 0 aliphatic heterocycles. The predicted molar refractivity (Wildman–Crippen MR) is 78.9 cm³/mol. The van der Waals surface area contributed by atoms with Gasteiger partial charge in [-0.15, -0.1) is 0 Å².